The number of amides is 2. The second kappa shape index (κ2) is 9.75. The Balaban J connectivity index is 1.94. The molecular formula is C24H34N2O4. The zero-order valence-corrected chi connectivity index (χ0v) is 18.6. The fourth-order valence-corrected chi connectivity index (χ4v) is 4.36. The molecule has 1 aromatic carbocycles. The van der Waals surface area contributed by atoms with Crippen molar-refractivity contribution in [3.8, 4) is 0 Å². The second-order valence-electron chi connectivity index (χ2n) is 8.71. The van der Waals surface area contributed by atoms with Crippen molar-refractivity contribution in [2.75, 3.05) is 32.8 Å². The molecule has 3 rings (SSSR count). The monoisotopic (exact) mass is 414 g/mol. The topological polar surface area (TPSA) is 70.1 Å². The summed E-state index contributed by atoms with van der Waals surface area (Å²) >= 11 is 0. The second-order valence-corrected chi connectivity index (χ2v) is 8.71. The normalized spacial score (nSPS) is 20.1. The fraction of sp³-hybridized carbons (Fsp3) is 0.583. The first-order valence-corrected chi connectivity index (χ1v) is 11.0. The van der Waals surface area contributed by atoms with Gasteiger partial charge in [0.1, 0.15) is 5.70 Å². The number of hydrogen-bond donors (Lipinski definition) is 1. The number of aliphatic hydroxyl groups is 1. The number of nitrogens with zero attached hydrogens (tertiary/aromatic N) is 2. The number of aliphatic hydroxyl groups excluding tert-OH is 1. The van der Waals surface area contributed by atoms with Crippen LogP contribution in [0.3, 0.4) is 0 Å². The maximum absolute atomic E-state index is 13.4. The molecule has 6 nitrogen and oxygen atoms in total. The van der Waals surface area contributed by atoms with Crippen LogP contribution in [0.25, 0.3) is 5.57 Å². The predicted molar refractivity (Wildman–Crippen MR) is 117 cm³/mol. The van der Waals surface area contributed by atoms with E-state index in [4.69, 9.17) is 4.74 Å². The minimum atomic E-state index is -0.224. The molecule has 1 N–H and O–H groups in total. The van der Waals surface area contributed by atoms with Crippen molar-refractivity contribution in [1.29, 1.82) is 0 Å². The van der Waals surface area contributed by atoms with Gasteiger partial charge in [0.25, 0.3) is 11.8 Å². The average Bonchev–Trinajstić information content (AvgIpc) is 2.95. The first-order chi connectivity index (χ1) is 14.3. The SMILES string of the molecule is Cc1ccc(C2=C(N3CCCC(CO)C3)C(=O)N(CCCOC(C)C)C2=O)c(C)c1. The molecule has 6 heteroatoms. The van der Waals surface area contributed by atoms with Crippen molar-refractivity contribution in [2.45, 2.75) is 53.1 Å². The zero-order valence-electron chi connectivity index (χ0n) is 18.6. The summed E-state index contributed by atoms with van der Waals surface area (Å²) in [5.41, 5.74) is 3.93. The molecule has 0 aliphatic carbocycles. The smallest absolute Gasteiger partial charge is 0.277 e. The summed E-state index contributed by atoms with van der Waals surface area (Å²) < 4.78 is 5.59. The lowest BCUT2D eigenvalue weighted by atomic mass is 9.95. The molecule has 0 saturated carbocycles. The molecule has 0 spiro atoms. The molecule has 0 radical (unpaired) electrons. The average molecular weight is 415 g/mol. The van der Waals surface area contributed by atoms with E-state index in [1.54, 1.807) is 0 Å². The van der Waals surface area contributed by atoms with Crippen LogP contribution in [-0.4, -0.2) is 65.7 Å². The third-order valence-electron chi connectivity index (χ3n) is 5.87. The first kappa shape index (κ1) is 22.5. The third-order valence-corrected chi connectivity index (χ3v) is 5.87. The van der Waals surface area contributed by atoms with E-state index < -0.39 is 0 Å². The summed E-state index contributed by atoms with van der Waals surface area (Å²) in [6.45, 7) is 10.2. The maximum atomic E-state index is 13.4. The minimum absolute atomic E-state index is 0.0983. The largest absolute Gasteiger partial charge is 0.396 e. The zero-order chi connectivity index (χ0) is 21.8. The molecule has 30 heavy (non-hydrogen) atoms. The molecule has 2 aliphatic heterocycles. The van der Waals surface area contributed by atoms with Crippen LogP contribution in [0.4, 0.5) is 0 Å². The van der Waals surface area contributed by atoms with E-state index in [1.165, 1.54) is 4.90 Å². The van der Waals surface area contributed by atoms with E-state index in [0.717, 1.165) is 36.1 Å². The number of likely N-dealkylation sites (tertiary alicyclic amines) is 1. The highest BCUT2D eigenvalue weighted by Gasteiger charge is 2.42. The summed E-state index contributed by atoms with van der Waals surface area (Å²) in [6.07, 6.45) is 2.58. The highest BCUT2D eigenvalue weighted by atomic mass is 16.5. The molecule has 0 aromatic heterocycles. The van der Waals surface area contributed by atoms with E-state index in [9.17, 15) is 14.7 Å². The van der Waals surface area contributed by atoms with Crippen molar-refractivity contribution in [2.24, 2.45) is 5.92 Å². The van der Waals surface area contributed by atoms with E-state index in [2.05, 4.69) is 0 Å². The van der Waals surface area contributed by atoms with Gasteiger partial charge >= 0.3 is 0 Å². The Kier molecular flexibility index (Phi) is 7.32. The van der Waals surface area contributed by atoms with E-state index in [0.29, 0.717) is 37.4 Å². The molecule has 2 amide bonds. The van der Waals surface area contributed by atoms with Crippen LogP contribution in [-0.2, 0) is 14.3 Å². The van der Waals surface area contributed by atoms with Gasteiger partial charge in [-0.1, -0.05) is 23.8 Å². The van der Waals surface area contributed by atoms with E-state index in [-0.39, 0.29) is 30.4 Å². The lowest BCUT2D eigenvalue weighted by Crippen LogP contribution is -2.41. The Morgan fingerprint density at radius 2 is 1.97 bits per heavy atom. The molecule has 1 atom stereocenters. The van der Waals surface area contributed by atoms with Crippen molar-refractivity contribution < 1.29 is 19.4 Å². The Labute approximate surface area is 179 Å². The maximum Gasteiger partial charge on any atom is 0.277 e. The minimum Gasteiger partial charge on any atom is -0.396 e. The molecule has 1 fully saturated rings. The van der Waals surface area contributed by atoms with Crippen molar-refractivity contribution in [3.63, 3.8) is 0 Å². The summed E-state index contributed by atoms with van der Waals surface area (Å²) in [5.74, 6) is -0.321. The first-order valence-electron chi connectivity index (χ1n) is 11.0. The van der Waals surface area contributed by atoms with Gasteiger partial charge in [-0.3, -0.25) is 14.5 Å². The number of rotatable bonds is 8. The quantitative estimate of drug-likeness (QED) is 0.523. The van der Waals surface area contributed by atoms with Gasteiger partial charge in [-0.15, -0.1) is 0 Å². The molecule has 2 aliphatic rings. The predicted octanol–water partition coefficient (Wildman–Crippen LogP) is 2.90. The van der Waals surface area contributed by atoms with E-state index in [1.807, 2.05) is 50.8 Å². The fourth-order valence-electron chi connectivity index (χ4n) is 4.36. The third kappa shape index (κ3) is 4.76. The molecule has 1 aromatic rings. The van der Waals surface area contributed by atoms with Gasteiger partial charge in [0.2, 0.25) is 0 Å². The van der Waals surface area contributed by atoms with Gasteiger partial charge < -0.3 is 14.7 Å². The lowest BCUT2D eigenvalue weighted by Gasteiger charge is -2.34. The highest BCUT2D eigenvalue weighted by molar-refractivity contribution is 6.35. The van der Waals surface area contributed by atoms with Crippen LogP contribution in [0.5, 0.6) is 0 Å². The summed E-state index contributed by atoms with van der Waals surface area (Å²) in [4.78, 5) is 30.2. The number of ether oxygens (including phenoxy) is 1. The van der Waals surface area contributed by atoms with Crippen molar-refractivity contribution in [1.82, 2.24) is 9.80 Å². The number of benzene rings is 1. The van der Waals surface area contributed by atoms with Crippen LogP contribution in [0.2, 0.25) is 0 Å². The Morgan fingerprint density at radius 3 is 2.63 bits per heavy atom. The van der Waals surface area contributed by atoms with Crippen molar-refractivity contribution in [3.05, 3.63) is 40.6 Å². The lowest BCUT2D eigenvalue weighted by molar-refractivity contribution is -0.138. The number of imide groups is 1. The Morgan fingerprint density at radius 1 is 1.20 bits per heavy atom. The molecular weight excluding hydrogens is 380 g/mol. The number of piperidine rings is 1. The molecule has 1 saturated heterocycles. The molecule has 164 valence electrons. The summed E-state index contributed by atoms with van der Waals surface area (Å²) in [5, 5.41) is 9.65. The van der Waals surface area contributed by atoms with Gasteiger partial charge in [0, 0.05) is 32.8 Å². The summed E-state index contributed by atoms with van der Waals surface area (Å²) in [7, 11) is 0. The van der Waals surface area contributed by atoms with Crippen LogP contribution in [0.15, 0.2) is 23.9 Å². The Bertz CT molecular complexity index is 830. The number of carbonyl (C=O) groups is 2. The van der Waals surface area contributed by atoms with Gasteiger partial charge in [-0.05, 0) is 64.0 Å². The van der Waals surface area contributed by atoms with Crippen LogP contribution in [0, 0.1) is 19.8 Å². The van der Waals surface area contributed by atoms with Crippen LogP contribution in [0.1, 0.15) is 49.8 Å². The van der Waals surface area contributed by atoms with Crippen LogP contribution < -0.4 is 0 Å². The van der Waals surface area contributed by atoms with Gasteiger partial charge in [-0.2, -0.15) is 0 Å². The number of hydrogen-bond acceptors (Lipinski definition) is 5. The van der Waals surface area contributed by atoms with Gasteiger partial charge in [0.05, 0.1) is 11.7 Å². The summed E-state index contributed by atoms with van der Waals surface area (Å²) in [6, 6.07) is 5.98. The number of carbonyl (C=O) groups excluding carboxylic acids is 2. The van der Waals surface area contributed by atoms with Crippen molar-refractivity contribution >= 4 is 17.4 Å². The molecule has 0 bridgehead atoms. The van der Waals surface area contributed by atoms with Crippen LogP contribution >= 0.6 is 0 Å². The van der Waals surface area contributed by atoms with E-state index >= 15 is 0 Å². The Hall–Kier alpha value is -2.18. The molecule has 1 unspecified atom stereocenters. The molecule has 2 heterocycles. The standard InChI is InChI=1S/C24H34N2O4/c1-16(2)30-12-6-11-26-23(28)21(20-9-8-17(3)13-18(20)4)22(24(26)29)25-10-5-7-19(14-25)15-27/h8-9,13,16,19,27H,5-7,10-12,14-15H2,1-4H3. The van der Waals surface area contributed by atoms with Gasteiger partial charge in [0.15, 0.2) is 0 Å². The van der Waals surface area contributed by atoms with Gasteiger partial charge in [-0.25, -0.2) is 0 Å². The number of aryl methyl sites for hydroxylation is 2. The highest BCUT2D eigenvalue weighted by Crippen LogP contribution is 2.35.